The van der Waals surface area contributed by atoms with Crippen LogP contribution in [0.15, 0.2) is 24.3 Å². The van der Waals surface area contributed by atoms with E-state index in [1.54, 1.807) is 31.2 Å². The highest BCUT2D eigenvalue weighted by Crippen LogP contribution is 2.08. The van der Waals surface area contributed by atoms with E-state index in [0.717, 1.165) is 5.56 Å². The first-order valence-electron chi connectivity index (χ1n) is 5.63. The Labute approximate surface area is 106 Å². The van der Waals surface area contributed by atoms with Gasteiger partial charge >= 0.3 is 11.9 Å². The van der Waals surface area contributed by atoms with Crippen molar-refractivity contribution in [2.75, 3.05) is 13.6 Å². The lowest BCUT2D eigenvalue weighted by atomic mass is 10.1. The van der Waals surface area contributed by atoms with Crippen LogP contribution >= 0.6 is 0 Å². The molecule has 5 nitrogen and oxygen atoms in total. The van der Waals surface area contributed by atoms with Crippen LogP contribution in [0.25, 0.3) is 0 Å². The number of hydrogen-bond acceptors (Lipinski definition) is 3. The molecule has 5 heteroatoms. The Balaban J connectivity index is 2.56. The Kier molecular flexibility index (Phi) is 4.85. The molecule has 0 aromatic heterocycles. The molecule has 0 amide bonds. The molecule has 2 N–H and O–H groups in total. The topological polar surface area (TPSA) is 77.8 Å². The summed E-state index contributed by atoms with van der Waals surface area (Å²) in [6.45, 7) is 2.71. The number of nitrogens with zero attached hydrogens (tertiary/aromatic N) is 1. The van der Waals surface area contributed by atoms with Gasteiger partial charge in [0.1, 0.15) is 0 Å². The van der Waals surface area contributed by atoms with Crippen molar-refractivity contribution in [3.8, 4) is 0 Å². The summed E-state index contributed by atoms with van der Waals surface area (Å²) in [5.41, 5.74) is 1.21. The summed E-state index contributed by atoms with van der Waals surface area (Å²) in [5, 5.41) is 17.6. The number of aliphatic carboxylic acids is 1. The fourth-order valence-electron chi connectivity index (χ4n) is 1.67. The van der Waals surface area contributed by atoms with E-state index in [1.165, 1.54) is 0 Å². The fourth-order valence-corrected chi connectivity index (χ4v) is 1.67. The first-order valence-corrected chi connectivity index (χ1v) is 5.63. The summed E-state index contributed by atoms with van der Waals surface area (Å²) >= 11 is 0. The Morgan fingerprint density at radius 1 is 1.22 bits per heavy atom. The zero-order chi connectivity index (χ0) is 13.7. The summed E-state index contributed by atoms with van der Waals surface area (Å²) in [5.74, 6) is -2.19. The number of aromatic carboxylic acids is 1. The highest BCUT2D eigenvalue weighted by Gasteiger charge is 2.13. The summed E-state index contributed by atoms with van der Waals surface area (Å²) < 4.78 is 0. The summed E-state index contributed by atoms with van der Waals surface area (Å²) in [6.07, 6.45) is 0. The number of carboxylic acids is 2. The van der Waals surface area contributed by atoms with E-state index in [9.17, 15) is 9.59 Å². The van der Waals surface area contributed by atoms with E-state index < -0.39 is 17.9 Å². The molecule has 0 heterocycles. The van der Waals surface area contributed by atoms with Gasteiger partial charge in [0.15, 0.2) is 0 Å². The maximum atomic E-state index is 10.7. The molecule has 1 unspecified atom stereocenters. The molecule has 0 saturated heterocycles. The van der Waals surface area contributed by atoms with Gasteiger partial charge in [-0.05, 0) is 24.7 Å². The zero-order valence-electron chi connectivity index (χ0n) is 10.5. The van der Waals surface area contributed by atoms with Crippen molar-refractivity contribution in [1.29, 1.82) is 0 Å². The minimum Gasteiger partial charge on any atom is -0.481 e. The Morgan fingerprint density at radius 3 is 2.22 bits per heavy atom. The Hall–Kier alpha value is -1.88. The molecule has 1 aromatic rings. The summed E-state index contributed by atoms with van der Waals surface area (Å²) in [6, 6.07) is 6.58. The predicted octanol–water partition coefficient (Wildman–Crippen LogP) is 1.54. The van der Waals surface area contributed by atoms with Crippen molar-refractivity contribution in [2.45, 2.75) is 13.5 Å². The number of carboxylic acid groups (broad SMARTS) is 2. The second-order valence-corrected chi connectivity index (χ2v) is 4.44. The van der Waals surface area contributed by atoms with E-state index in [0.29, 0.717) is 13.1 Å². The lowest BCUT2D eigenvalue weighted by molar-refractivity contribution is -0.141. The number of hydrogen-bond donors (Lipinski definition) is 2. The average Bonchev–Trinajstić information content (AvgIpc) is 2.29. The van der Waals surface area contributed by atoms with E-state index in [-0.39, 0.29) is 5.56 Å². The van der Waals surface area contributed by atoms with E-state index in [4.69, 9.17) is 10.2 Å². The average molecular weight is 251 g/mol. The molecular formula is C13H17NO4. The molecule has 0 fully saturated rings. The Bertz CT molecular complexity index is 427. The largest absolute Gasteiger partial charge is 0.481 e. The zero-order valence-corrected chi connectivity index (χ0v) is 10.5. The summed E-state index contributed by atoms with van der Waals surface area (Å²) in [4.78, 5) is 23.3. The molecule has 0 bridgehead atoms. The van der Waals surface area contributed by atoms with Crippen LogP contribution in [0.5, 0.6) is 0 Å². The molecule has 0 saturated carbocycles. The fraction of sp³-hybridized carbons (Fsp3) is 0.385. The van der Waals surface area contributed by atoms with Gasteiger partial charge in [-0.2, -0.15) is 0 Å². The molecule has 1 aromatic carbocycles. The number of rotatable bonds is 6. The molecule has 1 rings (SSSR count). The van der Waals surface area contributed by atoms with Crippen LogP contribution in [0.3, 0.4) is 0 Å². The normalized spacial score (nSPS) is 12.4. The molecule has 98 valence electrons. The minimum atomic E-state index is -0.950. The first-order chi connectivity index (χ1) is 8.40. The quantitative estimate of drug-likeness (QED) is 0.801. The van der Waals surface area contributed by atoms with Gasteiger partial charge in [-0.25, -0.2) is 4.79 Å². The molecule has 0 radical (unpaired) electrons. The van der Waals surface area contributed by atoms with Crippen molar-refractivity contribution in [3.05, 3.63) is 35.4 Å². The maximum absolute atomic E-state index is 10.7. The summed E-state index contributed by atoms with van der Waals surface area (Å²) in [7, 11) is 1.84. The smallest absolute Gasteiger partial charge is 0.335 e. The Morgan fingerprint density at radius 2 is 1.78 bits per heavy atom. The third-order valence-corrected chi connectivity index (χ3v) is 2.66. The third kappa shape index (κ3) is 4.18. The van der Waals surface area contributed by atoms with Gasteiger partial charge in [0.25, 0.3) is 0 Å². The van der Waals surface area contributed by atoms with Crippen molar-refractivity contribution < 1.29 is 19.8 Å². The van der Waals surface area contributed by atoms with Gasteiger partial charge in [-0.15, -0.1) is 0 Å². The van der Waals surface area contributed by atoms with Crippen molar-refractivity contribution in [2.24, 2.45) is 5.92 Å². The van der Waals surface area contributed by atoms with Crippen LogP contribution in [-0.4, -0.2) is 40.6 Å². The standard InChI is InChI=1S/C13H17NO4/c1-9(12(15)16)7-14(2)8-10-3-5-11(6-4-10)13(17)18/h3-6,9H,7-8H2,1-2H3,(H,15,16)(H,17,18). The third-order valence-electron chi connectivity index (χ3n) is 2.66. The molecule has 1 atom stereocenters. The minimum absolute atomic E-state index is 0.250. The van der Waals surface area contributed by atoms with Gasteiger partial charge in [0, 0.05) is 13.1 Å². The van der Waals surface area contributed by atoms with Crippen LogP contribution < -0.4 is 0 Å². The van der Waals surface area contributed by atoms with E-state index in [1.807, 2.05) is 11.9 Å². The monoisotopic (exact) mass is 251 g/mol. The van der Waals surface area contributed by atoms with Crippen molar-refractivity contribution in [1.82, 2.24) is 4.90 Å². The van der Waals surface area contributed by atoms with Crippen LogP contribution in [0, 0.1) is 5.92 Å². The van der Waals surface area contributed by atoms with Crippen molar-refractivity contribution in [3.63, 3.8) is 0 Å². The highest BCUT2D eigenvalue weighted by molar-refractivity contribution is 5.87. The number of benzene rings is 1. The van der Waals surface area contributed by atoms with E-state index in [2.05, 4.69) is 0 Å². The van der Waals surface area contributed by atoms with Gasteiger partial charge in [0.2, 0.25) is 0 Å². The molecule has 0 aliphatic heterocycles. The first kappa shape index (κ1) is 14.2. The van der Waals surface area contributed by atoms with Gasteiger partial charge in [-0.3, -0.25) is 4.79 Å². The maximum Gasteiger partial charge on any atom is 0.335 e. The number of carbonyl (C=O) groups is 2. The lowest BCUT2D eigenvalue weighted by Crippen LogP contribution is -2.28. The van der Waals surface area contributed by atoms with Gasteiger partial charge < -0.3 is 15.1 Å². The molecule has 0 aliphatic rings. The molecule has 18 heavy (non-hydrogen) atoms. The predicted molar refractivity (Wildman–Crippen MR) is 66.5 cm³/mol. The highest BCUT2D eigenvalue weighted by atomic mass is 16.4. The van der Waals surface area contributed by atoms with Crippen LogP contribution in [-0.2, 0) is 11.3 Å². The van der Waals surface area contributed by atoms with Crippen LogP contribution in [0.2, 0.25) is 0 Å². The lowest BCUT2D eigenvalue weighted by Gasteiger charge is -2.19. The van der Waals surface area contributed by atoms with Crippen LogP contribution in [0.1, 0.15) is 22.8 Å². The SMILES string of the molecule is CC(CN(C)Cc1ccc(C(=O)O)cc1)C(=O)O. The van der Waals surface area contributed by atoms with E-state index >= 15 is 0 Å². The second-order valence-electron chi connectivity index (χ2n) is 4.44. The second kappa shape index (κ2) is 6.16. The van der Waals surface area contributed by atoms with Crippen molar-refractivity contribution >= 4 is 11.9 Å². The molecule has 0 aliphatic carbocycles. The van der Waals surface area contributed by atoms with Gasteiger partial charge in [0.05, 0.1) is 11.5 Å². The van der Waals surface area contributed by atoms with Gasteiger partial charge in [-0.1, -0.05) is 19.1 Å². The van der Waals surface area contributed by atoms with Crippen LogP contribution in [0.4, 0.5) is 0 Å². The molecule has 0 spiro atoms. The molecular weight excluding hydrogens is 234 g/mol.